The fourth-order valence-electron chi connectivity index (χ4n) is 1.91. The fourth-order valence-corrected chi connectivity index (χ4v) is 1.91. The van der Waals surface area contributed by atoms with Gasteiger partial charge < -0.3 is 10.5 Å². The zero-order valence-corrected chi connectivity index (χ0v) is 8.65. The molecule has 0 heterocycles. The predicted molar refractivity (Wildman–Crippen MR) is 51.7 cm³/mol. The number of esters is 1. The number of nitrogens with two attached hydrogens (primary N) is 1. The summed E-state index contributed by atoms with van der Waals surface area (Å²) < 4.78 is 5.02. The van der Waals surface area contributed by atoms with Crippen molar-refractivity contribution in [2.45, 2.75) is 38.1 Å². The van der Waals surface area contributed by atoms with Crippen LogP contribution in [-0.4, -0.2) is 18.1 Å². The molecular formula is C9H16ClNO2. The van der Waals surface area contributed by atoms with Gasteiger partial charge in [-0.3, -0.25) is 4.79 Å². The maximum Gasteiger partial charge on any atom is 0.313 e. The van der Waals surface area contributed by atoms with Crippen LogP contribution in [0.3, 0.4) is 0 Å². The normalized spacial score (nSPS) is 25.7. The summed E-state index contributed by atoms with van der Waals surface area (Å²) in [6.45, 7) is 2.31. The molecule has 2 aliphatic carbocycles. The van der Waals surface area contributed by atoms with Crippen LogP contribution < -0.4 is 5.73 Å². The Bertz CT molecular complexity index is 222. The molecule has 0 saturated heterocycles. The van der Waals surface area contributed by atoms with Gasteiger partial charge in [0.05, 0.1) is 12.0 Å². The van der Waals surface area contributed by atoms with Crippen molar-refractivity contribution < 1.29 is 9.53 Å². The Morgan fingerprint density at radius 3 is 2.23 bits per heavy atom. The lowest BCUT2D eigenvalue weighted by Crippen LogP contribution is -2.40. The van der Waals surface area contributed by atoms with Gasteiger partial charge in [-0.15, -0.1) is 12.4 Å². The van der Waals surface area contributed by atoms with Crippen molar-refractivity contribution in [3.05, 3.63) is 0 Å². The van der Waals surface area contributed by atoms with Gasteiger partial charge in [0, 0.05) is 5.54 Å². The number of ether oxygens (including phenoxy) is 1. The molecule has 0 atom stereocenters. The fraction of sp³-hybridized carbons (Fsp3) is 0.889. The average molecular weight is 206 g/mol. The highest BCUT2D eigenvalue weighted by Crippen LogP contribution is 2.63. The second-order valence-corrected chi connectivity index (χ2v) is 3.96. The monoisotopic (exact) mass is 205 g/mol. The minimum absolute atomic E-state index is 0. The molecule has 76 valence electrons. The van der Waals surface area contributed by atoms with E-state index < -0.39 is 0 Å². The van der Waals surface area contributed by atoms with E-state index in [0.717, 1.165) is 25.7 Å². The predicted octanol–water partition coefficient (Wildman–Crippen LogP) is 1.24. The van der Waals surface area contributed by atoms with E-state index >= 15 is 0 Å². The van der Waals surface area contributed by atoms with Crippen molar-refractivity contribution in [3.63, 3.8) is 0 Å². The summed E-state index contributed by atoms with van der Waals surface area (Å²) in [5, 5.41) is 0. The molecule has 0 spiro atoms. The molecule has 0 aliphatic heterocycles. The number of carbonyl (C=O) groups is 1. The molecular weight excluding hydrogens is 190 g/mol. The molecule has 2 aliphatic rings. The molecule has 13 heavy (non-hydrogen) atoms. The van der Waals surface area contributed by atoms with Crippen molar-refractivity contribution in [3.8, 4) is 0 Å². The van der Waals surface area contributed by atoms with E-state index in [4.69, 9.17) is 10.5 Å². The van der Waals surface area contributed by atoms with Crippen LogP contribution in [0.4, 0.5) is 0 Å². The molecule has 2 saturated carbocycles. The van der Waals surface area contributed by atoms with Crippen LogP contribution in [0.5, 0.6) is 0 Å². The van der Waals surface area contributed by atoms with Gasteiger partial charge in [-0.2, -0.15) is 0 Å². The number of hydrogen-bond donors (Lipinski definition) is 1. The Morgan fingerprint density at radius 1 is 1.38 bits per heavy atom. The van der Waals surface area contributed by atoms with E-state index in [2.05, 4.69) is 0 Å². The highest BCUT2D eigenvalue weighted by atomic mass is 35.5. The van der Waals surface area contributed by atoms with Crippen LogP contribution >= 0.6 is 12.4 Å². The molecule has 2 rings (SSSR count). The van der Waals surface area contributed by atoms with Gasteiger partial charge in [0.25, 0.3) is 0 Å². The third kappa shape index (κ3) is 1.44. The van der Waals surface area contributed by atoms with Crippen molar-refractivity contribution in [2.24, 2.45) is 11.1 Å². The van der Waals surface area contributed by atoms with Crippen molar-refractivity contribution >= 4 is 18.4 Å². The van der Waals surface area contributed by atoms with Crippen LogP contribution in [0.15, 0.2) is 0 Å². The van der Waals surface area contributed by atoms with Crippen LogP contribution in [0, 0.1) is 5.41 Å². The first-order valence-electron chi connectivity index (χ1n) is 4.61. The van der Waals surface area contributed by atoms with Crippen molar-refractivity contribution in [1.82, 2.24) is 0 Å². The third-order valence-electron chi connectivity index (χ3n) is 3.16. The first-order valence-corrected chi connectivity index (χ1v) is 4.61. The van der Waals surface area contributed by atoms with Gasteiger partial charge in [0.1, 0.15) is 0 Å². The zero-order valence-electron chi connectivity index (χ0n) is 7.84. The SMILES string of the molecule is CCOC(=O)C1(C2(N)CC2)CC1.Cl. The Labute approximate surface area is 84.4 Å². The molecule has 0 aromatic rings. The van der Waals surface area contributed by atoms with E-state index in [-0.39, 0.29) is 29.3 Å². The van der Waals surface area contributed by atoms with Gasteiger partial charge in [0.2, 0.25) is 0 Å². The number of halogens is 1. The summed E-state index contributed by atoms with van der Waals surface area (Å²) in [6.07, 6.45) is 3.85. The van der Waals surface area contributed by atoms with Crippen LogP contribution in [0.2, 0.25) is 0 Å². The first-order chi connectivity index (χ1) is 5.65. The van der Waals surface area contributed by atoms with Gasteiger partial charge in [-0.25, -0.2) is 0 Å². The topological polar surface area (TPSA) is 52.3 Å². The summed E-state index contributed by atoms with van der Waals surface area (Å²) in [5.41, 5.74) is 5.55. The summed E-state index contributed by atoms with van der Waals surface area (Å²) in [5.74, 6) is -0.0648. The second-order valence-electron chi connectivity index (χ2n) is 3.96. The zero-order chi connectivity index (χ0) is 8.82. The minimum atomic E-state index is -0.275. The lowest BCUT2D eigenvalue weighted by molar-refractivity contribution is -0.151. The molecule has 0 aromatic carbocycles. The quantitative estimate of drug-likeness (QED) is 0.706. The van der Waals surface area contributed by atoms with Crippen LogP contribution in [0.25, 0.3) is 0 Å². The summed E-state index contributed by atoms with van der Waals surface area (Å²) in [7, 11) is 0. The van der Waals surface area contributed by atoms with Crippen LogP contribution in [-0.2, 0) is 9.53 Å². The van der Waals surface area contributed by atoms with E-state index in [9.17, 15) is 4.79 Å². The van der Waals surface area contributed by atoms with Crippen molar-refractivity contribution in [1.29, 1.82) is 0 Å². The highest BCUT2D eigenvalue weighted by Gasteiger charge is 2.68. The van der Waals surface area contributed by atoms with Crippen molar-refractivity contribution in [2.75, 3.05) is 6.61 Å². The molecule has 4 heteroatoms. The number of rotatable bonds is 3. The van der Waals surface area contributed by atoms with E-state index in [1.807, 2.05) is 6.92 Å². The van der Waals surface area contributed by atoms with Gasteiger partial charge >= 0.3 is 5.97 Å². The van der Waals surface area contributed by atoms with E-state index in [1.165, 1.54) is 0 Å². The van der Waals surface area contributed by atoms with E-state index in [1.54, 1.807) is 0 Å². The molecule has 3 nitrogen and oxygen atoms in total. The number of carbonyl (C=O) groups excluding carboxylic acids is 1. The molecule has 0 radical (unpaired) electrons. The largest absolute Gasteiger partial charge is 0.466 e. The Morgan fingerprint density at radius 2 is 1.92 bits per heavy atom. The highest BCUT2D eigenvalue weighted by molar-refractivity contribution is 5.85. The minimum Gasteiger partial charge on any atom is -0.466 e. The molecule has 0 unspecified atom stereocenters. The third-order valence-corrected chi connectivity index (χ3v) is 3.16. The standard InChI is InChI=1S/C9H15NO2.ClH/c1-2-12-7(11)8(3-4-8)9(10)5-6-9;/h2-6,10H2,1H3;1H. The molecule has 2 N–H and O–H groups in total. The maximum absolute atomic E-state index is 11.5. The molecule has 2 fully saturated rings. The lowest BCUT2D eigenvalue weighted by atomic mass is 9.95. The maximum atomic E-state index is 11.5. The lowest BCUT2D eigenvalue weighted by Gasteiger charge is -2.20. The van der Waals surface area contributed by atoms with E-state index in [0.29, 0.717) is 6.61 Å². The Kier molecular flexibility index (Phi) is 2.61. The Balaban J connectivity index is 0.000000845. The Hall–Kier alpha value is -0.280. The molecule has 0 aromatic heterocycles. The molecule has 0 amide bonds. The summed E-state index contributed by atoms with van der Waals surface area (Å²) >= 11 is 0. The second kappa shape index (κ2) is 3.14. The van der Waals surface area contributed by atoms with Gasteiger partial charge in [-0.1, -0.05) is 0 Å². The van der Waals surface area contributed by atoms with Crippen LogP contribution in [0.1, 0.15) is 32.6 Å². The van der Waals surface area contributed by atoms with Gasteiger partial charge in [0.15, 0.2) is 0 Å². The summed E-state index contributed by atoms with van der Waals surface area (Å²) in [4.78, 5) is 11.5. The van der Waals surface area contributed by atoms with Gasteiger partial charge in [-0.05, 0) is 32.6 Å². The number of hydrogen-bond acceptors (Lipinski definition) is 3. The first kappa shape index (κ1) is 10.8. The summed E-state index contributed by atoms with van der Waals surface area (Å²) in [6, 6.07) is 0. The average Bonchev–Trinajstić information content (AvgIpc) is 2.81. The smallest absolute Gasteiger partial charge is 0.313 e. The molecule has 0 bridgehead atoms.